The Kier molecular flexibility index (Phi) is 11.0. The number of hydrogen-bond acceptors (Lipinski definition) is 13. The van der Waals surface area contributed by atoms with Crippen LogP contribution in [0.15, 0.2) is 0 Å². The molecule has 3 fully saturated rings. The number of carbonyl (C=O) groups is 5. The van der Waals surface area contributed by atoms with Crippen molar-refractivity contribution < 1.29 is 52.8 Å². The topological polar surface area (TPSA) is 193 Å². The Morgan fingerprint density at radius 1 is 1.07 bits per heavy atom. The molecule has 2 amide bonds. The van der Waals surface area contributed by atoms with Gasteiger partial charge in [0.2, 0.25) is 0 Å². The summed E-state index contributed by atoms with van der Waals surface area (Å²) >= 11 is 4.40. The first-order chi connectivity index (χ1) is 20.2. The van der Waals surface area contributed by atoms with E-state index in [1.54, 1.807) is 27.9 Å². The number of esters is 1. The second kappa shape index (κ2) is 13.5. The van der Waals surface area contributed by atoms with Crippen molar-refractivity contribution in [3.63, 3.8) is 0 Å². The van der Waals surface area contributed by atoms with Crippen LogP contribution in [0, 0.1) is 23.7 Å². The summed E-state index contributed by atoms with van der Waals surface area (Å²) in [4.78, 5) is 67.5. The molecule has 0 aromatic rings. The van der Waals surface area contributed by atoms with Crippen LogP contribution in [-0.2, 0) is 38.1 Å². The van der Waals surface area contributed by atoms with Gasteiger partial charge in [-0.15, -0.1) is 12.6 Å². The molecule has 3 heterocycles. The Balaban J connectivity index is 2.13. The van der Waals surface area contributed by atoms with Crippen molar-refractivity contribution in [1.29, 1.82) is 0 Å². The number of ether oxygens (including phenoxy) is 5. The normalized spacial score (nSPS) is 44.2. The molecule has 0 aromatic heterocycles. The molecule has 0 saturated carbocycles. The van der Waals surface area contributed by atoms with Gasteiger partial charge in [0.25, 0.3) is 0 Å². The number of primary amides is 1. The number of carbonyl (C=O) groups excluding carboxylic acids is 5. The molecule has 0 unspecified atom stereocenters. The Bertz CT molecular complexity index is 1140. The maximum absolute atomic E-state index is 13.9. The molecule has 0 spiro atoms. The van der Waals surface area contributed by atoms with Crippen LogP contribution < -0.4 is 11.1 Å². The summed E-state index contributed by atoms with van der Waals surface area (Å²) in [5.41, 5.74) is 0.891. The molecular formula is C29H47N3O11S. The SMILES string of the molecule is C[C@H]1C(=O)O[C@H](S)[C@@]2(C)OC(=O)N[C@@H]2[C@@H](C)C(=O)[C@H](C)C[C@@](C)(OC(N)=O)[C@H](O[C@@H]2O[C@H](C)C[C@H](N(C)C)[C@H]2O)[C@@H](C)C1=O. The number of aliphatic hydroxyl groups is 1. The largest absolute Gasteiger partial charge is 0.447 e. The van der Waals surface area contributed by atoms with Gasteiger partial charge in [0, 0.05) is 23.8 Å². The highest BCUT2D eigenvalue weighted by atomic mass is 32.1. The van der Waals surface area contributed by atoms with E-state index in [2.05, 4.69) is 17.9 Å². The minimum atomic E-state index is -1.73. The first kappa shape index (κ1) is 36.0. The number of nitrogens with one attached hydrogen (secondary N) is 1. The number of cyclic esters (lactones) is 1. The van der Waals surface area contributed by atoms with E-state index in [1.165, 1.54) is 27.7 Å². The molecule has 3 rings (SSSR count). The number of rotatable bonds is 4. The lowest BCUT2D eigenvalue weighted by molar-refractivity contribution is -0.292. The lowest BCUT2D eigenvalue weighted by Crippen LogP contribution is -2.60. The molecule has 4 N–H and O–H groups in total. The standard InChI is InChI=1S/C29H47N3O11S/c1-12-11-28(6,42-26(30)37)22(40-24-20(35)17(32(8)9)10-13(2)39-24)15(4)19(34)16(5)23(36)41-25(44)29(7)21(14(3)18(12)33)31-27(38)43-29/h12-17,20-22,24-25,35,44H,10-11H2,1-9H3,(H2,30,37)(H,31,38)/t12-,13-,14+,15+,16-,17+,20-,21-,22-,24+,25-,28-,29+/m1/s1. The van der Waals surface area contributed by atoms with E-state index < -0.39 is 88.8 Å². The van der Waals surface area contributed by atoms with Gasteiger partial charge in [-0.2, -0.15) is 0 Å². The number of thiol groups is 1. The summed E-state index contributed by atoms with van der Waals surface area (Å²) in [6.07, 6.45) is -5.79. The van der Waals surface area contributed by atoms with Crippen LogP contribution in [0.2, 0.25) is 0 Å². The van der Waals surface area contributed by atoms with Gasteiger partial charge in [0.05, 0.1) is 12.1 Å². The van der Waals surface area contributed by atoms with E-state index in [4.69, 9.17) is 29.4 Å². The minimum Gasteiger partial charge on any atom is -0.447 e. The van der Waals surface area contributed by atoms with E-state index in [0.717, 1.165) is 0 Å². The number of nitrogens with zero attached hydrogens (tertiary/aromatic N) is 1. The third-order valence-electron chi connectivity index (χ3n) is 9.24. The molecule has 0 radical (unpaired) electrons. The van der Waals surface area contributed by atoms with Crippen molar-refractivity contribution in [1.82, 2.24) is 10.2 Å². The van der Waals surface area contributed by atoms with Gasteiger partial charge in [0.1, 0.15) is 29.5 Å². The Morgan fingerprint density at radius 3 is 2.25 bits per heavy atom. The molecule has 250 valence electrons. The number of fused-ring (bicyclic) bond motifs is 1. The van der Waals surface area contributed by atoms with E-state index in [-0.39, 0.29) is 24.3 Å². The Labute approximate surface area is 263 Å². The summed E-state index contributed by atoms with van der Waals surface area (Å²) in [5, 5.41) is 13.8. The molecule has 3 saturated heterocycles. The zero-order valence-corrected chi connectivity index (χ0v) is 27.7. The van der Waals surface area contributed by atoms with Gasteiger partial charge in [-0.1, -0.05) is 20.8 Å². The average Bonchev–Trinajstić information content (AvgIpc) is 3.24. The molecular weight excluding hydrogens is 598 g/mol. The molecule has 44 heavy (non-hydrogen) atoms. The summed E-state index contributed by atoms with van der Waals surface area (Å²) in [6, 6.07) is -1.32. The first-order valence-corrected chi connectivity index (χ1v) is 15.3. The molecule has 13 atom stereocenters. The average molecular weight is 646 g/mol. The van der Waals surface area contributed by atoms with Gasteiger partial charge in [-0.25, -0.2) is 9.59 Å². The van der Waals surface area contributed by atoms with E-state index in [1.807, 2.05) is 11.8 Å². The van der Waals surface area contributed by atoms with Crippen LogP contribution in [0.3, 0.4) is 0 Å². The highest BCUT2D eigenvalue weighted by Gasteiger charge is 2.57. The molecule has 14 nitrogen and oxygen atoms in total. The third-order valence-corrected chi connectivity index (χ3v) is 9.86. The van der Waals surface area contributed by atoms with Crippen LogP contribution in [-0.4, -0.2) is 107 Å². The summed E-state index contributed by atoms with van der Waals surface area (Å²) in [5.74, 6) is -6.19. The van der Waals surface area contributed by atoms with Crippen molar-refractivity contribution in [2.75, 3.05) is 14.1 Å². The van der Waals surface area contributed by atoms with Crippen molar-refractivity contribution in [2.24, 2.45) is 29.4 Å². The van der Waals surface area contributed by atoms with Crippen LogP contribution in [0.5, 0.6) is 0 Å². The molecule has 3 aliphatic heterocycles. The van der Waals surface area contributed by atoms with Crippen molar-refractivity contribution >= 4 is 42.4 Å². The highest BCUT2D eigenvalue weighted by molar-refractivity contribution is 7.80. The fourth-order valence-corrected chi connectivity index (χ4v) is 7.05. The fourth-order valence-electron chi connectivity index (χ4n) is 6.73. The second-order valence-electron chi connectivity index (χ2n) is 13.1. The van der Waals surface area contributed by atoms with Gasteiger partial charge >= 0.3 is 18.2 Å². The van der Waals surface area contributed by atoms with Crippen LogP contribution >= 0.6 is 12.6 Å². The highest BCUT2D eigenvalue weighted by Crippen LogP contribution is 2.40. The van der Waals surface area contributed by atoms with Crippen molar-refractivity contribution in [3.8, 4) is 0 Å². The molecule has 0 aromatic carbocycles. The fraction of sp³-hybridized carbons (Fsp3) is 0.828. The van der Waals surface area contributed by atoms with Crippen LogP contribution in [0.25, 0.3) is 0 Å². The van der Waals surface area contributed by atoms with E-state index in [0.29, 0.717) is 6.42 Å². The maximum atomic E-state index is 13.9. The third kappa shape index (κ3) is 7.16. The number of nitrogens with two attached hydrogens (primary N) is 1. The number of ketones is 2. The predicted molar refractivity (Wildman–Crippen MR) is 158 cm³/mol. The number of hydrogen-bond donors (Lipinski definition) is 4. The minimum absolute atomic E-state index is 0.168. The number of Topliss-reactive ketones (excluding diaryl/α,β-unsaturated/α-hetero) is 2. The molecule has 0 bridgehead atoms. The first-order valence-electron chi connectivity index (χ1n) is 14.8. The quantitative estimate of drug-likeness (QED) is 0.149. The van der Waals surface area contributed by atoms with Gasteiger partial charge in [0.15, 0.2) is 23.1 Å². The van der Waals surface area contributed by atoms with Gasteiger partial charge in [-0.3, -0.25) is 14.4 Å². The molecule has 15 heteroatoms. The lowest BCUT2D eigenvalue weighted by Gasteiger charge is -2.46. The zero-order valence-electron chi connectivity index (χ0n) is 26.8. The number of alkyl carbamates (subject to hydrolysis) is 1. The lowest BCUT2D eigenvalue weighted by atomic mass is 9.74. The van der Waals surface area contributed by atoms with Crippen molar-refractivity contribution in [2.45, 2.75) is 115 Å². The Morgan fingerprint density at radius 2 is 1.68 bits per heavy atom. The summed E-state index contributed by atoms with van der Waals surface area (Å²) in [7, 11) is 3.60. The number of aliphatic hydroxyl groups excluding tert-OH is 1. The van der Waals surface area contributed by atoms with Crippen LogP contribution in [0.4, 0.5) is 9.59 Å². The number of amides is 2. The van der Waals surface area contributed by atoms with Gasteiger partial charge < -0.3 is 44.7 Å². The van der Waals surface area contributed by atoms with E-state index in [9.17, 15) is 29.1 Å². The second-order valence-corrected chi connectivity index (χ2v) is 13.5. The van der Waals surface area contributed by atoms with Gasteiger partial charge in [-0.05, 0) is 54.6 Å². The molecule has 3 aliphatic rings. The Hall–Kier alpha value is -2.46. The maximum Gasteiger partial charge on any atom is 0.408 e. The predicted octanol–water partition coefficient (Wildman–Crippen LogP) is 1.40. The van der Waals surface area contributed by atoms with Crippen LogP contribution in [0.1, 0.15) is 61.3 Å². The molecule has 0 aliphatic carbocycles. The monoisotopic (exact) mass is 645 g/mol. The smallest absolute Gasteiger partial charge is 0.408 e. The number of likely N-dealkylation sites (N-methyl/N-ethyl adjacent to an activating group) is 1. The van der Waals surface area contributed by atoms with E-state index >= 15 is 0 Å². The summed E-state index contributed by atoms with van der Waals surface area (Å²) < 4.78 is 29.0. The summed E-state index contributed by atoms with van der Waals surface area (Å²) in [6.45, 7) is 10.8. The zero-order chi connectivity index (χ0) is 33.5. The van der Waals surface area contributed by atoms with Crippen molar-refractivity contribution in [3.05, 3.63) is 0 Å².